The Hall–Kier alpha value is -0.0500. The second-order valence-corrected chi connectivity index (χ2v) is 10.3. The van der Waals surface area contributed by atoms with Gasteiger partial charge in [0.15, 0.2) is 0 Å². The van der Waals surface area contributed by atoms with Crippen LogP contribution < -0.4 is 0 Å². The summed E-state index contributed by atoms with van der Waals surface area (Å²) in [5, 5.41) is 1.11. The van der Waals surface area contributed by atoms with E-state index in [2.05, 4.69) is 29.8 Å². The zero-order chi connectivity index (χ0) is 22.8. The molecule has 0 spiro atoms. The molecule has 0 aliphatic carbocycles. The number of alkyl halides is 1. The molecule has 0 aromatic rings. The number of carbonyl (C=O) groups excluding carboxylic acids is 1. The van der Waals surface area contributed by atoms with E-state index in [1.54, 1.807) is 0 Å². The normalized spacial score (nSPS) is 11.4. The van der Waals surface area contributed by atoms with Crippen LogP contribution in [0.2, 0.25) is 0 Å². The van der Waals surface area contributed by atoms with Crippen molar-refractivity contribution in [1.82, 2.24) is 0 Å². The van der Waals surface area contributed by atoms with Crippen LogP contribution in [-0.4, -0.2) is 17.9 Å². The van der Waals surface area contributed by atoms with Crippen molar-refractivity contribution < 1.29 is 9.53 Å². The Kier molecular flexibility index (Phi) is 26.2. The smallest absolute Gasteiger partial charge is 0.308 e. The van der Waals surface area contributed by atoms with Crippen LogP contribution in [0.4, 0.5) is 0 Å². The van der Waals surface area contributed by atoms with Gasteiger partial charge in [0.25, 0.3) is 0 Å². The minimum Gasteiger partial charge on any atom is -0.465 e. The first-order valence-electron chi connectivity index (χ1n) is 14.0. The molecule has 0 fully saturated rings. The predicted molar refractivity (Wildman–Crippen MR) is 141 cm³/mol. The summed E-state index contributed by atoms with van der Waals surface area (Å²) in [7, 11) is 0. The van der Waals surface area contributed by atoms with Crippen molar-refractivity contribution in [1.29, 1.82) is 0 Å². The van der Waals surface area contributed by atoms with Crippen molar-refractivity contribution in [3.63, 3.8) is 0 Å². The van der Waals surface area contributed by atoms with Crippen molar-refractivity contribution >= 4 is 21.9 Å². The van der Waals surface area contributed by atoms with Gasteiger partial charge in [-0.2, -0.15) is 0 Å². The number of ether oxygens (including phenoxy) is 1. The third kappa shape index (κ3) is 22.9. The minimum atomic E-state index is 0.0938. The van der Waals surface area contributed by atoms with Gasteiger partial charge in [-0.3, -0.25) is 4.79 Å². The van der Waals surface area contributed by atoms with E-state index < -0.39 is 0 Å². The number of carbonyl (C=O) groups is 1. The lowest BCUT2D eigenvalue weighted by Gasteiger charge is -2.16. The maximum atomic E-state index is 12.7. The highest BCUT2D eigenvalue weighted by Crippen LogP contribution is 2.21. The Bertz CT molecular complexity index is 341. The van der Waals surface area contributed by atoms with Crippen molar-refractivity contribution in [3.05, 3.63) is 0 Å². The second-order valence-electron chi connectivity index (χ2n) is 9.49. The molecule has 0 heterocycles. The van der Waals surface area contributed by atoms with Crippen molar-refractivity contribution in [2.45, 2.75) is 155 Å². The Morgan fingerprint density at radius 1 is 0.581 bits per heavy atom. The maximum absolute atomic E-state index is 12.7. The fourth-order valence-corrected chi connectivity index (χ4v) is 4.67. The molecule has 0 radical (unpaired) electrons. The highest BCUT2D eigenvalue weighted by molar-refractivity contribution is 9.09. The zero-order valence-corrected chi connectivity index (χ0v) is 22.8. The number of esters is 1. The first kappa shape index (κ1) is 30.9. The molecule has 2 nitrogen and oxygen atoms in total. The van der Waals surface area contributed by atoms with E-state index >= 15 is 0 Å². The van der Waals surface area contributed by atoms with Crippen LogP contribution >= 0.6 is 15.9 Å². The third-order valence-corrected chi connectivity index (χ3v) is 6.98. The van der Waals surface area contributed by atoms with Crippen LogP contribution in [0.15, 0.2) is 0 Å². The Morgan fingerprint density at radius 2 is 0.968 bits per heavy atom. The maximum Gasteiger partial charge on any atom is 0.308 e. The molecule has 0 unspecified atom stereocenters. The Balaban J connectivity index is 4.03. The first-order chi connectivity index (χ1) is 15.3. The molecule has 0 aromatic carbocycles. The summed E-state index contributed by atoms with van der Waals surface area (Å²) < 4.78 is 5.71. The topological polar surface area (TPSA) is 26.3 Å². The molecular weight excluding hydrogens is 448 g/mol. The molecular formula is C28H55BrO2. The van der Waals surface area contributed by atoms with Crippen molar-refractivity contribution in [2.24, 2.45) is 5.92 Å². The quantitative estimate of drug-likeness (QED) is 0.0704. The molecule has 0 bridgehead atoms. The van der Waals surface area contributed by atoms with E-state index in [-0.39, 0.29) is 11.9 Å². The summed E-state index contributed by atoms with van der Waals surface area (Å²) in [6.45, 7) is 5.16. The molecule has 0 aromatic heterocycles. The van der Waals surface area contributed by atoms with Gasteiger partial charge < -0.3 is 4.74 Å². The van der Waals surface area contributed by atoms with Crippen molar-refractivity contribution in [2.75, 3.05) is 11.9 Å². The van der Waals surface area contributed by atoms with Gasteiger partial charge in [-0.05, 0) is 25.7 Å². The van der Waals surface area contributed by atoms with Gasteiger partial charge >= 0.3 is 5.97 Å². The van der Waals surface area contributed by atoms with Crippen LogP contribution in [0.5, 0.6) is 0 Å². The molecule has 3 heteroatoms. The van der Waals surface area contributed by atoms with Crippen LogP contribution in [-0.2, 0) is 9.53 Å². The summed E-state index contributed by atoms with van der Waals surface area (Å²) in [5.41, 5.74) is 0. The zero-order valence-electron chi connectivity index (χ0n) is 21.2. The van der Waals surface area contributed by atoms with Crippen molar-refractivity contribution in [3.8, 4) is 0 Å². The highest BCUT2D eigenvalue weighted by Gasteiger charge is 2.19. The van der Waals surface area contributed by atoms with E-state index in [1.165, 1.54) is 122 Å². The lowest BCUT2D eigenvalue weighted by atomic mass is 9.94. The van der Waals surface area contributed by atoms with Crippen LogP contribution in [0, 0.1) is 5.92 Å². The van der Waals surface area contributed by atoms with E-state index in [0.717, 1.165) is 24.6 Å². The molecule has 0 atom stereocenters. The average Bonchev–Trinajstić information content (AvgIpc) is 2.78. The van der Waals surface area contributed by atoms with Gasteiger partial charge in [0.05, 0.1) is 12.5 Å². The molecule has 0 aliphatic heterocycles. The fraction of sp³-hybridized carbons (Fsp3) is 0.964. The second kappa shape index (κ2) is 26.2. The van der Waals surface area contributed by atoms with Gasteiger partial charge in [-0.1, -0.05) is 145 Å². The highest BCUT2D eigenvalue weighted by atomic mass is 79.9. The summed E-state index contributed by atoms with van der Waals surface area (Å²) in [6, 6.07) is 0. The SMILES string of the molecule is CCCCCCCCCC(CCCCCCCCC)C(=O)OCCCCCCCCBr. The molecule has 0 rings (SSSR count). The predicted octanol–water partition coefficient (Wildman–Crippen LogP) is 10.2. The standard InChI is InChI=1S/C28H55BrO2/c1-3-5-7-9-11-15-19-23-27(24-20-16-12-10-8-6-4-2)28(30)31-26-22-18-14-13-17-21-25-29/h27H,3-26H2,1-2H3. The molecule has 0 aliphatic rings. The molecule has 0 saturated heterocycles. The van der Waals surface area contributed by atoms with Crippen LogP contribution in [0.3, 0.4) is 0 Å². The van der Waals surface area contributed by atoms with Gasteiger partial charge in [0, 0.05) is 5.33 Å². The molecule has 0 amide bonds. The molecule has 0 saturated carbocycles. The monoisotopic (exact) mass is 502 g/mol. The number of unbranched alkanes of at least 4 members (excludes halogenated alkanes) is 17. The number of hydrogen-bond acceptors (Lipinski definition) is 2. The van der Waals surface area contributed by atoms with E-state index in [4.69, 9.17) is 4.74 Å². The summed E-state index contributed by atoms with van der Waals surface area (Å²) >= 11 is 3.49. The van der Waals surface area contributed by atoms with Crippen LogP contribution in [0.25, 0.3) is 0 Å². The number of rotatable bonds is 25. The number of hydrogen-bond donors (Lipinski definition) is 0. The van der Waals surface area contributed by atoms with Crippen LogP contribution in [0.1, 0.15) is 155 Å². The van der Waals surface area contributed by atoms with Gasteiger partial charge in [-0.25, -0.2) is 0 Å². The summed E-state index contributed by atoms with van der Waals surface area (Å²) in [4.78, 5) is 12.7. The van der Waals surface area contributed by atoms with Gasteiger partial charge in [0.2, 0.25) is 0 Å². The minimum absolute atomic E-state index is 0.0938. The molecule has 0 N–H and O–H groups in total. The van der Waals surface area contributed by atoms with E-state index in [0.29, 0.717) is 6.61 Å². The van der Waals surface area contributed by atoms with Gasteiger partial charge in [0.1, 0.15) is 0 Å². The summed E-state index contributed by atoms with van der Waals surface area (Å²) in [6.07, 6.45) is 27.8. The van der Waals surface area contributed by atoms with E-state index in [9.17, 15) is 4.79 Å². The largest absolute Gasteiger partial charge is 0.465 e. The van der Waals surface area contributed by atoms with Gasteiger partial charge in [-0.15, -0.1) is 0 Å². The Labute approximate surface area is 204 Å². The summed E-state index contributed by atoms with van der Waals surface area (Å²) in [5.74, 6) is 0.237. The third-order valence-electron chi connectivity index (χ3n) is 6.42. The lowest BCUT2D eigenvalue weighted by molar-refractivity contribution is -0.149. The average molecular weight is 504 g/mol. The first-order valence-corrected chi connectivity index (χ1v) is 15.1. The number of halogens is 1. The fourth-order valence-electron chi connectivity index (χ4n) is 4.27. The Morgan fingerprint density at radius 3 is 1.42 bits per heavy atom. The van der Waals surface area contributed by atoms with E-state index in [1.807, 2.05) is 0 Å². The molecule has 31 heavy (non-hydrogen) atoms. The lowest BCUT2D eigenvalue weighted by Crippen LogP contribution is -2.18. The molecule has 186 valence electrons.